The van der Waals surface area contributed by atoms with Crippen LogP contribution in [0, 0.1) is 11.7 Å². The van der Waals surface area contributed by atoms with E-state index < -0.39 is 0 Å². The lowest BCUT2D eigenvalue weighted by molar-refractivity contribution is -0.125. The molecule has 0 fully saturated rings. The number of rotatable bonds is 4. The molecule has 1 heterocycles. The second-order valence-corrected chi connectivity index (χ2v) is 6.78. The summed E-state index contributed by atoms with van der Waals surface area (Å²) in [7, 11) is 1.66. The van der Waals surface area contributed by atoms with Crippen LogP contribution in [0.25, 0.3) is 10.9 Å². The average molecular weight is 352 g/mol. The third kappa shape index (κ3) is 3.17. The van der Waals surface area contributed by atoms with Gasteiger partial charge in [-0.1, -0.05) is 12.1 Å². The van der Waals surface area contributed by atoms with Crippen molar-refractivity contribution in [1.29, 1.82) is 0 Å². The number of fused-ring (bicyclic) bond motifs is 3. The molecule has 4 nitrogen and oxygen atoms in total. The number of methoxy groups -OCH3 is 1. The quantitative estimate of drug-likeness (QED) is 0.752. The van der Waals surface area contributed by atoms with E-state index in [1.54, 1.807) is 19.2 Å². The van der Waals surface area contributed by atoms with Crippen molar-refractivity contribution in [3.8, 4) is 5.75 Å². The molecule has 1 aliphatic carbocycles. The van der Waals surface area contributed by atoms with E-state index in [0.29, 0.717) is 6.54 Å². The molecule has 134 valence electrons. The van der Waals surface area contributed by atoms with Crippen LogP contribution < -0.4 is 10.1 Å². The Morgan fingerprint density at radius 1 is 1.27 bits per heavy atom. The summed E-state index contributed by atoms with van der Waals surface area (Å²) in [6.07, 6.45) is 2.41. The molecule has 2 N–H and O–H groups in total. The maximum Gasteiger partial charge on any atom is 0.223 e. The van der Waals surface area contributed by atoms with Crippen LogP contribution in [-0.2, 0) is 24.2 Å². The molecule has 1 amide bonds. The highest BCUT2D eigenvalue weighted by atomic mass is 19.1. The Balaban J connectivity index is 1.48. The minimum atomic E-state index is -0.269. The Hall–Kier alpha value is -2.82. The fourth-order valence-electron chi connectivity index (χ4n) is 3.68. The van der Waals surface area contributed by atoms with Gasteiger partial charge in [-0.05, 0) is 60.7 Å². The molecule has 0 spiro atoms. The van der Waals surface area contributed by atoms with Crippen LogP contribution in [0.5, 0.6) is 5.75 Å². The zero-order chi connectivity index (χ0) is 18.1. The lowest BCUT2D eigenvalue weighted by Gasteiger charge is -2.22. The van der Waals surface area contributed by atoms with Gasteiger partial charge in [0.1, 0.15) is 11.6 Å². The molecule has 0 saturated carbocycles. The van der Waals surface area contributed by atoms with Crippen LogP contribution in [0.2, 0.25) is 0 Å². The minimum Gasteiger partial charge on any atom is -0.497 e. The predicted molar refractivity (Wildman–Crippen MR) is 98.6 cm³/mol. The van der Waals surface area contributed by atoms with E-state index in [0.717, 1.165) is 41.5 Å². The summed E-state index contributed by atoms with van der Waals surface area (Å²) in [5.41, 5.74) is 4.42. The van der Waals surface area contributed by atoms with Gasteiger partial charge in [0.05, 0.1) is 7.11 Å². The molecule has 1 aliphatic rings. The number of carbonyl (C=O) groups is 1. The zero-order valence-corrected chi connectivity index (χ0v) is 14.6. The monoisotopic (exact) mass is 352 g/mol. The molecule has 4 rings (SSSR count). The SMILES string of the molecule is COc1ccc2[nH]c3c(c2c1)CC(C(=O)NCc1ccc(F)cc1)CC3. The van der Waals surface area contributed by atoms with E-state index in [-0.39, 0.29) is 17.6 Å². The minimum absolute atomic E-state index is 0.0480. The van der Waals surface area contributed by atoms with E-state index in [4.69, 9.17) is 4.74 Å². The highest BCUT2D eigenvalue weighted by Crippen LogP contribution is 2.33. The summed E-state index contributed by atoms with van der Waals surface area (Å²) in [5.74, 6) is 0.558. The number of hydrogen-bond acceptors (Lipinski definition) is 2. The molecular weight excluding hydrogens is 331 g/mol. The molecule has 2 aromatic carbocycles. The van der Waals surface area contributed by atoms with Crippen molar-refractivity contribution in [2.75, 3.05) is 7.11 Å². The first-order valence-corrected chi connectivity index (χ1v) is 8.83. The van der Waals surface area contributed by atoms with Gasteiger partial charge in [0.15, 0.2) is 0 Å². The Morgan fingerprint density at radius 3 is 2.85 bits per heavy atom. The lowest BCUT2D eigenvalue weighted by atomic mass is 9.85. The Kier molecular flexibility index (Phi) is 4.37. The second kappa shape index (κ2) is 6.83. The van der Waals surface area contributed by atoms with E-state index in [1.165, 1.54) is 23.4 Å². The summed E-state index contributed by atoms with van der Waals surface area (Å²) >= 11 is 0. The number of hydrogen-bond donors (Lipinski definition) is 2. The number of aromatic amines is 1. The first-order valence-electron chi connectivity index (χ1n) is 8.83. The maximum atomic E-state index is 13.0. The van der Waals surface area contributed by atoms with Gasteiger partial charge in [-0.3, -0.25) is 4.79 Å². The molecule has 0 saturated heterocycles. The van der Waals surface area contributed by atoms with Crippen molar-refractivity contribution in [3.63, 3.8) is 0 Å². The molecule has 26 heavy (non-hydrogen) atoms. The van der Waals surface area contributed by atoms with Gasteiger partial charge in [0, 0.05) is 29.1 Å². The first-order chi connectivity index (χ1) is 12.6. The molecule has 5 heteroatoms. The number of halogens is 1. The summed E-state index contributed by atoms with van der Waals surface area (Å²) in [6, 6.07) is 12.2. The first kappa shape index (κ1) is 16.6. The highest BCUT2D eigenvalue weighted by molar-refractivity contribution is 5.88. The molecule has 1 aromatic heterocycles. The molecule has 0 aliphatic heterocycles. The Labute approximate surface area is 151 Å². The van der Waals surface area contributed by atoms with Gasteiger partial charge in [-0.15, -0.1) is 0 Å². The largest absolute Gasteiger partial charge is 0.497 e. The number of aryl methyl sites for hydroxylation is 1. The van der Waals surface area contributed by atoms with Crippen LogP contribution in [0.15, 0.2) is 42.5 Å². The fraction of sp³-hybridized carbons (Fsp3) is 0.286. The maximum absolute atomic E-state index is 13.0. The number of nitrogens with one attached hydrogen (secondary N) is 2. The normalized spacial score (nSPS) is 16.3. The molecule has 0 radical (unpaired) electrons. The molecule has 3 aromatic rings. The number of ether oxygens (including phenoxy) is 1. The van der Waals surface area contributed by atoms with E-state index >= 15 is 0 Å². The fourth-order valence-corrected chi connectivity index (χ4v) is 3.68. The molecular formula is C21H21FN2O2. The summed E-state index contributed by atoms with van der Waals surface area (Å²) in [4.78, 5) is 16.1. The van der Waals surface area contributed by atoms with Gasteiger partial charge in [-0.25, -0.2) is 4.39 Å². The topological polar surface area (TPSA) is 54.1 Å². The average Bonchev–Trinajstić information content (AvgIpc) is 3.04. The standard InChI is InChI=1S/C21H21FN2O2/c1-26-16-7-9-20-18(11-16)17-10-14(4-8-19(17)24-20)21(25)23-12-13-2-5-15(22)6-3-13/h2-3,5-7,9,11,14,24H,4,8,10,12H2,1H3,(H,23,25). The van der Waals surface area contributed by atoms with Crippen LogP contribution in [0.1, 0.15) is 23.2 Å². The number of carbonyl (C=O) groups excluding carboxylic acids is 1. The number of benzene rings is 2. The van der Waals surface area contributed by atoms with Crippen molar-refractivity contribution in [2.45, 2.75) is 25.8 Å². The number of H-pyrrole nitrogens is 1. The number of amides is 1. The van der Waals surface area contributed by atoms with E-state index in [2.05, 4.69) is 10.3 Å². The van der Waals surface area contributed by atoms with Crippen molar-refractivity contribution >= 4 is 16.8 Å². The zero-order valence-electron chi connectivity index (χ0n) is 14.6. The van der Waals surface area contributed by atoms with Gasteiger partial charge in [0.25, 0.3) is 0 Å². The molecule has 1 unspecified atom stereocenters. The lowest BCUT2D eigenvalue weighted by Crippen LogP contribution is -2.33. The Bertz CT molecular complexity index is 947. The van der Waals surface area contributed by atoms with Crippen LogP contribution in [0.3, 0.4) is 0 Å². The van der Waals surface area contributed by atoms with Crippen LogP contribution in [-0.4, -0.2) is 18.0 Å². The van der Waals surface area contributed by atoms with Crippen molar-refractivity contribution < 1.29 is 13.9 Å². The smallest absolute Gasteiger partial charge is 0.223 e. The molecule has 0 bridgehead atoms. The summed E-state index contributed by atoms with van der Waals surface area (Å²) in [6.45, 7) is 0.421. The van der Waals surface area contributed by atoms with Gasteiger partial charge < -0.3 is 15.0 Å². The van der Waals surface area contributed by atoms with Crippen molar-refractivity contribution in [2.24, 2.45) is 5.92 Å². The molecule has 1 atom stereocenters. The van der Waals surface area contributed by atoms with Gasteiger partial charge >= 0.3 is 0 Å². The number of aromatic nitrogens is 1. The third-order valence-electron chi connectivity index (χ3n) is 5.15. The van der Waals surface area contributed by atoms with Crippen molar-refractivity contribution in [3.05, 3.63) is 65.1 Å². The van der Waals surface area contributed by atoms with Gasteiger partial charge in [0.2, 0.25) is 5.91 Å². The van der Waals surface area contributed by atoms with Gasteiger partial charge in [-0.2, -0.15) is 0 Å². The van der Waals surface area contributed by atoms with Crippen LogP contribution in [0.4, 0.5) is 4.39 Å². The summed E-state index contributed by atoms with van der Waals surface area (Å²) in [5, 5.41) is 4.12. The van der Waals surface area contributed by atoms with Crippen LogP contribution >= 0.6 is 0 Å². The highest BCUT2D eigenvalue weighted by Gasteiger charge is 2.27. The van der Waals surface area contributed by atoms with E-state index in [1.807, 2.05) is 18.2 Å². The predicted octanol–water partition coefficient (Wildman–Crippen LogP) is 3.74. The second-order valence-electron chi connectivity index (χ2n) is 6.78. The van der Waals surface area contributed by atoms with Crippen molar-refractivity contribution in [1.82, 2.24) is 10.3 Å². The Morgan fingerprint density at radius 2 is 2.08 bits per heavy atom. The van der Waals surface area contributed by atoms with E-state index in [9.17, 15) is 9.18 Å². The summed E-state index contributed by atoms with van der Waals surface area (Å²) < 4.78 is 18.3. The third-order valence-corrected chi connectivity index (χ3v) is 5.15.